The summed E-state index contributed by atoms with van der Waals surface area (Å²) in [6, 6.07) is 0. The molecule has 0 spiro atoms. The third-order valence-electron chi connectivity index (χ3n) is 11.5. The molecule has 0 aromatic carbocycles. The Hall–Kier alpha value is -2.89. The van der Waals surface area contributed by atoms with Crippen molar-refractivity contribution in [1.82, 2.24) is 0 Å². The SMILES string of the molecule is CCCC/C=C\CCCCCCCC(=O)OCC(COC(=O)CCCCCCCCCCCC/C=C\C=C/CCCCC)OC(=O)CCCCCCCC/C=C\C=C/CCCCC. The molecule has 0 aromatic heterocycles. The van der Waals surface area contributed by atoms with Crippen LogP contribution in [-0.2, 0) is 28.6 Å². The highest BCUT2D eigenvalue weighted by Crippen LogP contribution is 2.15. The van der Waals surface area contributed by atoms with Gasteiger partial charge in [0.05, 0.1) is 0 Å². The molecule has 0 rings (SSSR count). The minimum atomic E-state index is -0.784. The van der Waals surface area contributed by atoms with Gasteiger partial charge in [-0.15, -0.1) is 0 Å². The Kier molecular flexibility index (Phi) is 49.4. The van der Waals surface area contributed by atoms with Crippen LogP contribution in [0.4, 0.5) is 0 Å². The average Bonchev–Trinajstić information content (AvgIpc) is 3.28. The highest BCUT2D eigenvalue weighted by atomic mass is 16.6. The van der Waals surface area contributed by atoms with Gasteiger partial charge in [0, 0.05) is 19.3 Å². The van der Waals surface area contributed by atoms with Crippen LogP contribution in [0.3, 0.4) is 0 Å². The number of allylic oxidation sites excluding steroid dienone is 10. The highest BCUT2D eigenvalue weighted by molar-refractivity contribution is 5.71. The van der Waals surface area contributed by atoms with Crippen LogP contribution in [0.5, 0.6) is 0 Å². The van der Waals surface area contributed by atoms with E-state index in [1.165, 1.54) is 148 Å². The van der Waals surface area contributed by atoms with Crippen molar-refractivity contribution in [2.45, 2.75) is 271 Å². The maximum absolute atomic E-state index is 12.8. The normalized spacial score (nSPS) is 12.5. The number of carbonyl (C=O) groups is 3. The summed E-state index contributed by atoms with van der Waals surface area (Å²) in [5.41, 5.74) is 0. The Bertz CT molecular complexity index is 1150. The van der Waals surface area contributed by atoms with Crippen molar-refractivity contribution in [3.05, 3.63) is 60.8 Å². The predicted molar refractivity (Wildman–Crippen MR) is 270 cm³/mol. The van der Waals surface area contributed by atoms with E-state index in [1.54, 1.807) is 0 Å². The van der Waals surface area contributed by atoms with E-state index in [-0.39, 0.29) is 31.1 Å². The first kappa shape index (κ1) is 60.1. The molecule has 6 nitrogen and oxygen atoms in total. The molecule has 0 aliphatic carbocycles. The first-order valence-corrected chi connectivity index (χ1v) is 26.8. The van der Waals surface area contributed by atoms with Crippen LogP contribution < -0.4 is 0 Å². The Morgan fingerprint density at radius 2 is 0.587 bits per heavy atom. The maximum Gasteiger partial charge on any atom is 0.306 e. The van der Waals surface area contributed by atoms with Crippen molar-refractivity contribution in [2.75, 3.05) is 13.2 Å². The molecule has 1 atom stereocenters. The molecule has 6 heteroatoms. The number of rotatable bonds is 48. The Morgan fingerprint density at radius 3 is 0.937 bits per heavy atom. The molecule has 0 heterocycles. The molecule has 364 valence electrons. The molecule has 0 aromatic rings. The molecule has 0 amide bonds. The second-order valence-electron chi connectivity index (χ2n) is 17.8. The fourth-order valence-electron chi connectivity index (χ4n) is 7.40. The highest BCUT2D eigenvalue weighted by Gasteiger charge is 2.19. The fraction of sp³-hybridized carbons (Fsp3) is 0.772. The van der Waals surface area contributed by atoms with Gasteiger partial charge < -0.3 is 14.2 Å². The lowest BCUT2D eigenvalue weighted by molar-refractivity contribution is -0.167. The van der Waals surface area contributed by atoms with Crippen LogP contribution in [0.1, 0.15) is 265 Å². The summed E-state index contributed by atoms with van der Waals surface area (Å²) in [7, 11) is 0. The van der Waals surface area contributed by atoms with Crippen LogP contribution in [-0.4, -0.2) is 37.2 Å². The Morgan fingerprint density at radius 1 is 0.317 bits per heavy atom. The first-order valence-electron chi connectivity index (χ1n) is 26.8. The minimum Gasteiger partial charge on any atom is -0.462 e. The van der Waals surface area contributed by atoms with E-state index in [1.807, 2.05) is 0 Å². The predicted octanol–water partition coefficient (Wildman–Crippen LogP) is 17.6. The number of hydrogen-bond acceptors (Lipinski definition) is 6. The quantitative estimate of drug-likeness (QED) is 0.0199. The van der Waals surface area contributed by atoms with Crippen LogP contribution in [0, 0.1) is 0 Å². The van der Waals surface area contributed by atoms with Gasteiger partial charge in [0.2, 0.25) is 0 Å². The van der Waals surface area contributed by atoms with Gasteiger partial charge in [-0.25, -0.2) is 0 Å². The largest absolute Gasteiger partial charge is 0.462 e. The lowest BCUT2D eigenvalue weighted by Crippen LogP contribution is -2.30. The number of unbranched alkanes of at least 4 members (excludes halogenated alkanes) is 29. The molecule has 1 unspecified atom stereocenters. The van der Waals surface area contributed by atoms with Gasteiger partial charge in [-0.2, -0.15) is 0 Å². The number of esters is 3. The molecule has 63 heavy (non-hydrogen) atoms. The van der Waals surface area contributed by atoms with Gasteiger partial charge in [-0.3, -0.25) is 14.4 Å². The molecule has 0 radical (unpaired) electrons. The zero-order valence-electron chi connectivity index (χ0n) is 41.6. The summed E-state index contributed by atoms with van der Waals surface area (Å²) in [5.74, 6) is -0.903. The van der Waals surface area contributed by atoms with E-state index in [0.29, 0.717) is 19.3 Å². The second kappa shape index (κ2) is 51.7. The molecule has 0 aliphatic rings. The summed E-state index contributed by atoms with van der Waals surface area (Å²) in [5, 5.41) is 0. The van der Waals surface area contributed by atoms with Crippen LogP contribution in [0.2, 0.25) is 0 Å². The number of ether oxygens (including phenoxy) is 3. The Balaban J connectivity index is 4.35. The van der Waals surface area contributed by atoms with E-state index < -0.39 is 6.10 Å². The van der Waals surface area contributed by atoms with Gasteiger partial charge in [-0.1, -0.05) is 216 Å². The summed E-state index contributed by atoms with van der Waals surface area (Å²) < 4.78 is 16.8. The molecular formula is C57H100O6. The first-order chi connectivity index (χ1) is 31.0. The second-order valence-corrected chi connectivity index (χ2v) is 17.8. The molecule has 0 N–H and O–H groups in total. The topological polar surface area (TPSA) is 78.9 Å². The van der Waals surface area contributed by atoms with E-state index in [0.717, 1.165) is 77.0 Å². The summed E-state index contributed by atoms with van der Waals surface area (Å²) in [6.07, 6.45) is 63.4. The lowest BCUT2D eigenvalue weighted by Gasteiger charge is -2.18. The van der Waals surface area contributed by atoms with Crippen LogP contribution in [0.15, 0.2) is 60.8 Å². The fourth-order valence-corrected chi connectivity index (χ4v) is 7.40. The third kappa shape index (κ3) is 50.0. The molecule has 0 bridgehead atoms. The van der Waals surface area contributed by atoms with E-state index in [9.17, 15) is 14.4 Å². The zero-order valence-corrected chi connectivity index (χ0v) is 41.6. The summed E-state index contributed by atoms with van der Waals surface area (Å²) in [4.78, 5) is 38.0. The minimum absolute atomic E-state index is 0.0830. The Labute approximate surface area is 390 Å². The van der Waals surface area contributed by atoms with E-state index in [4.69, 9.17) is 14.2 Å². The molecular weight excluding hydrogens is 781 g/mol. The third-order valence-corrected chi connectivity index (χ3v) is 11.5. The molecule has 0 fully saturated rings. The van der Waals surface area contributed by atoms with Crippen LogP contribution in [0.25, 0.3) is 0 Å². The van der Waals surface area contributed by atoms with Crippen molar-refractivity contribution >= 4 is 17.9 Å². The van der Waals surface area contributed by atoms with Crippen molar-refractivity contribution in [3.8, 4) is 0 Å². The van der Waals surface area contributed by atoms with Crippen molar-refractivity contribution < 1.29 is 28.6 Å². The van der Waals surface area contributed by atoms with Gasteiger partial charge in [0.15, 0.2) is 6.10 Å². The maximum atomic E-state index is 12.8. The molecule has 0 saturated carbocycles. The van der Waals surface area contributed by atoms with Gasteiger partial charge in [0.1, 0.15) is 13.2 Å². The smallest absolute Gasteiger partial charge is 0.306 e. The standard InChI is InChI=1S/C57H100O6/c1-4-7-10-13-16-19-22-24-26-27-28-29-31-32-35-38-41-44-47-50-56(59)62-53-54(52-61-55(58)49-46-43-40-37-34-21-18-15-12-9-6-3)63-57(60)51-48-45-42-39-36-33-30-25-23-20-17-14-11-8-5-2/h15-20,22-25,54H,4-14,21,26-53H2,1-3H3/b18-15-,19-16-,20-17-,24-22-,25-23-. The van der Waals surface area contributed by atoms with Gasteiger partial charge >= 0.3 is 17.9 Å². The van der Waals surface area contributed by atoms with Crippen molar-refractivity contribution in [3.63, 3.8) is 0 Å². The average molecular weight is 881 g/mol. The monoisotopic (exact) mass is 881 g/mol. The molecule has 0 aliphatic heterocycles. The number of hydrogen-bond donors (Lipinski definition) is 0. The van der Waals surface area contributed by atoms with Crippen molar-refractivity contribution in [1.29, 1.82) is 0 Å². The van der Waals surface area contributed by atoms with Crippen molar-refractivity contribution in [2.24, 2.45) is 0 Å². The summed E-state index contributed by atoms with van der Waals surface area (Å²) in [6.45, 7) is 6.53. The van der Waals surface area contributed by atoms with E-state index >= 15 is 0 Å². The van der Waals surface area contributed by atoms with E-state index in [2.05, 4.69) is 81.5 Å². The van der Waals surface area contributed by atoms with Crippen LogP contribution >= 0.6 is 0 Å². The number of carbonyl (C=O) groups excluding carboxylic acids is 3. The molecule has 0 saturated heterocycles. The lowest BCUT2D eigenvalue weighted by atomic mass is 10.1. The van der Waals surface area contributed by atoms with Gasteiger partial charge in [0.25, 0.3) is 0 Å². The summed E-state index contributed by atoms with van der Waals surface area (Å²) >= 11 is 0. The zero-order chi connectivity index (χ0) is 45.8. The van der Waals surface area contributed by atoms with Gasteiger partial charge in [-0.05, 0) is 89.9 Å².